The van der Waals surface area contributed by atoms with Crippen LogP contribution in [0.4, 0.5) is 4.79 Å². The summed E-state index contributed by atoms with van der Waals surface area (Å²) in [5, 5.41) is 19.4. The number of likely N-dealkylation sites (tertiary alicyclic amines) is 1. The number of hydroxylamine groups is 1. The number of nitrogens with zero attached hydrogens (tertiary/aromatic N) is 3. The Bertz CT molecular complexity index is 346. The van der Waals surface area contributed by atoms with Gasteiger partial charge in [0, 0.05) is 25.9 Å². The molecule has 0 radical (unpaired) electrons. The number of carboxylic acid groups (broad SMARTS) is 1. The molecule has 2 rings (SSSR count). The number of hydrogen-bond acceptors (Lipinski definition) is 5. The quantitative estimate of drug-likeness (QED) is 0.663. The fourth-order valence-electron chi connectivity index (χ4n) is 1.87. The lowest BCUT2D eigenvalue weighted by Gasteiger charge is -2.39. The van der Waals surface area contributed by atoms with Gasteiger partial charge in [-0.2, -0.15) is 5.26 Å². The van der Waals surface area contributed by atoms with Crippen LogP contribution in [0.25, 0.3) is 0 Å². The van der Waals surface area contributed by atoms with Gasteiger partial charge in [0.25, 0.3) is 0 Å². The van der Waals surface area contributed by atoms with Gasteiger partial charge >= 0.3 is 6.09 Å². The van der Waals surface area contributed by atoms with Crippen molar-refractivity contribution < 1.29 is 14.7 Å². The molecule has 2 aliphatic rings. The molecule has 0 atom stereocenters. The first-order valence-corrected chi connectivity index (χ1v) is 4.95. The first kappa shape index (κ1) is 10.6. The molecular weight excluding hydrogens is 212 g/mol. The van der Waals surface area contributed by atoms with Crippen LogP contribution in [0.2, 0.25) is 0 Å². The Labute approximate surface area is 92.4 Å². The van der Waals surface area contributed by atoms with Crippen molar-refractivity contribution in [2.45, 2.75) is 18.4 Å². The van der Waals surface area contributed by atoms with E-state index in [0.717, 1.165) is 0 Å². The lowest BCUT2D eigenvalue weighted by atomic mass is 9.89. The van der Waals surface area contributed by atoms with E-state index < -0.39 is 11.6 Å². The Balaban J connectivity index is 2.03. The summed E-state index contributed by atoms with van der Waals surface area (Å²) in [5.41, 5.74) is 2.01. The zero-order valence-electron chi connectivity index (χ0n) is 8.59. The van der Waals surface area contributed by atoms with Crippen LogP contribution in [-0.2, 0) is 4.84 Å². The van der Waals surface area contributed by atoms with Crippen molar-refractivity contribution in [2.75, 3.05) is 13.1 Å². The van der Waals surface area contributed by atoms with E-state index in [0.29, 0.717) is 25.9 Å². The molecule has 7 nitrogen and oxygen atoms in total. The fourth-order valence-corrected chi connectivity index (χ4v) is 1.87. The average Bonchev–Trinajstić information content (AvgIpc) is 2.83. The molecule has 0 spiro atoms. The van der Waals surface area contributed by atoms with Gasteiger partial charge in [-0.15, -0.1) is 0 Å². The summed E-state index contributed by atoms with van der Waals surface area (Å²) < 4.78 is 0. The van der Waals surface area contributed by atoms with Crippen LogP contribution < -0.4 is 5.43 Å². The van der Waals surface area contributed by atoms with E-state index >= 15 is 0 Å². The Morgan fingerprint density at radius 2 is 2.25 bits per heavy atom. The van der Waals surface area contributed by atoms with Gasteiger partial charge in [-0.05, 0) is 5.17 Å². The van der Waals surface area contributed by atoms with Gasteiger partial charge in [-0.3, -0.25) is 5.43 Å². The van der Waals surface area contributed by atoms with Crippen LogP contribution in [-0.4, -0.2) is 39.9 Å². The molecule has 2 N–H and O–H groups in total. The van der Waals surface area contributed by atoms with Gasteiger partial charge in [-0.1, -0.05) is 0 Å². The third-order valence-electron chi connectivity index (χ3n) is 2.88. The molecule has 0 saturated carbocycles. The molecular formula is C9H12N4O3. The highest BCUT2D eigenvalue weighted by molar-refractivity contribution is 5.65. The van der Waals surface area contributed by atoms with Crippen molar-refractivity contribution in [3.63, 3.8) is 0 Å². The van der Waals surface area contributed by atoms with E-state index in [2.05, 4.69) is 11.5 Å². The van der Waals surface area contributed by atoms with E-state index in [9.17, 15) is 10.1 Å². The molecule has 0 bridgehead atoms. The van der Waals surface area contributed by atoms with Crippen LogP contribution in [0.1, 0.15) is 12.8 Å². The van der Waals surface area contributed by atoms with Crippen molar-refractivity contribution >= 4 is 6.09 Å². The van der Waals surface area contributed by atoms with E-state index in [1.807, 2.05) is 0 Å². The maximum absolute atomic E-state index is 10.7. The minimum atomic E-state index is -0.944. The van der Waals surface area contributed by atoms with Crippen molar-refractivity contribution in [1.29, 1.82) is 5.26 Å². The molecule has 0 aromatic carbocycles. The van der Waals surface area contributed by atoms with E-state index in [1.165, 1.54) is 16.3 Å². The van der Waals surface area contributed by atoms with Gasteiger partial charge < -0.3 is 14.8 Å². The number of hydrazine groups is 1. The molecule has 0 aromatic heterocycles. The van der Waals surface area contributed by atoms with Gasteiger partial charge in [0.1, 0.15) is 6.26 Å². The summed E-state index contributed by atoms with van der Waals surface area (Å²) in [5.74, 6) is 0. The predicted molar refractivity (Wildman–Crippen MR) is 52.4 cm³/mol. The first-order chi connectivity index (χ1) is 7.68. The second-order valence-electron chi connectivity index (χ2n) is 3.74. The van der Waals surface area contributed by atoms with Gasteiger partial charge in [-0.25, -0.2) is 4.79 Å². The number of amides is 1. The van der Waals surface area contributed by atoms with Crippen molar-refractivity contribution in [3.05, 3.63) is 12.5 Å². The molecule has 16 heavy (non-hydrogen) atoms. The molecule has 86 valence electrons. The summed E-state index contributed by atoms with van der Waals surface area (Å²) in [6, 6.07) is 2.20. The molecule has 1 saturated heterocycles. The summed E-state index contributed by atoms with van der Waals surface area (Å²) in [4.78, 5) is 17.2. The predicted octanol–water partition coefficient (Wildman–Crippen LogP) is 0.246. The number of nitriles is 1. The summed E-state index contributed by atoms with van der Waals surface area (Å²) in [6.07, 6.45) is 2.93. The third kappa shape index (κ3) is 1.63. The number of nitrogens with one attached hydrogen (secondary N) is 1. The molecule has 2 aliphatic heterocycles. The monoisotopic (exact) mass is 224 g/mol. The Morgan fingerprint density at radius 1 is 1.56 bits per heavy atom. The second-order valence-corrected chi connectivity index (χ2v) is 3.74. The fraction of sp³-hybridized carbons (Fsp3) is 0.556. The number of carbonyl (C=O) groups is 1. The summed E-state index contributed by atoms with van der Waals surface area (Å²) >= 11 is 0. The Hall–Kier alpha value is -1.94. The largest absolute Gasteiger partial charge is 0.465 e. The van der Waals surface area contributed by atoms with Gasteiger partial charge in [0.15, 0.2) is 5.54 Å². The Morgan fingerprint density at radius 3 is 2.69 bits per heavy atom. The van der Waals surface area contributed by atoms with E-state index in [1.54, 1.807) is 6.20 Å². The van der Waals surface area contributed by atoms with E-state index in [-0.39, 0.29) is 0 Å². The standard InChI is InChI=1S/C9H12N4O3/c10-7-9(13-11-3-6-16-13)1-4-12(5-2-9)8(14)15/h3,6,11H,1-2,4-5H2,(H,14,15). The third-order valence-corrected chi connectivity index (χ3v) is 2.88. The van der Waals surface area contributed by atoms with Crippen LogP contribution >= 0.6 is 0 Å². The number of piperidine rings is 1. The molecule has 2 heterocycles. The molecule has 7 heteroatoms. The second kappa shape index (κ2) is 3.90. The zero-order valence-corrected chi connectivity index (χ0v) is 8.59. The molecule has 0 aliphatic carbocycles. The SMILES string of the molecule is N#CC1(N2NC=CO2)CCN(C(=O)O)CC1. The Kier molecular flexibility index (Phi) is 2.58. The highest BCUT2D eigenvalue weighted by atomic mass is 16.7. The minimum absolute atomic E-state index is 0.338. The average molecular weight is 224 g/mol. The topological polar surface area (TPSA) is 88.8 Å². The molecule has 1 fully saturated rings. The molecule has 0 unspecified atom stereocenters. The minimum Gasteiger partial charge on any atom is -0.465 e. The van der Waals surface area contributed by atoms with Crippen molar-refractivity contribution in [1.82, 2.24) is 15.5 Å². The normalized spacial score (nSPS) is 23.3. The van der Waals surface area contributed by atoms with Crippen LogP contribution in [0.3, 0.4) is 0 Å². The number of hydrogen-bond donors (Lipinski definition) is 2. The summed E-state index contributed by atoms with van der Waals surface area (Å²) in [7, 11) is 0. The highest BCUT2D eigenvalue weighted by Gasteiger charge is 2.44. The van der Waals surface area contributed by atoms with Gasteiger partial charge in [0.2, 0.25) is 0 Å². The van der Waals surface area contributed by atoms with Gasteiger partial charge in [0.05, 0.1) is 12.3 Å². The van der Waals surface area contributed by atoms with Crippen molar-refractivity contribution in [2.24, 2.45) is 0 Å². The van der Waals surface area contributed by atoms with Crippen LogP contribution in [0.5, 0.6) is 0 Å². The maximum Gasteiger partial charge on any atom is 0.407 e. The lowest BCUT2D eigenvalue weighted by Crippen LogP contribution is -2.57. The number of rotatable bonds is 1. The zero-order chi connectivity index (χ0) is 11.6. The van der Waals surface area contributed by atoms with Crippen molar-refractivity contribution in [3.8, 4) is 6.07 Å². The van der Waals surface area contributed by atoms with Crippen LogP contribution in [0.15, 0.2) is 12.5 Å². The summed E-state index contributed by atoms with van der Waals surface area (Å²) in [6.45, 7) is 0.675. The van der Waals surface area contributed by atoms with Crippen LogP contribution in [0, 0.1) is 11.3 Å². The van der Waals surface area contributed by atoms with E-state index in [4.69, 9.17) is 9.94 Å². The lowest BCUT2D eigenvalue weighted by molar-refractivity contribution is -0.184. The maximum atomic E-state index is 10.7. The molecule has 1 amide bonds. The molecule has 0 aromatic rings. The first-order valence-electron chi connectivity index (χ1n) is 4.95. The highest BCUT2D eigenvalue weighted by Crippen LogP contribution is 2.28. The smallest absolute Gasteiger partial charge is 0.407 e.